The molecule has 0 saturated carbocycles. The van der Waals surface area contributed by atoms with Crippen molar-refractivity contribution < 1.29 is 29.4 Å². The Morgan fingerprint density at radius 3 is 2.29 bits per heavy atom. The molecule has 42 heavy (non-hydrogen) atoms. The van der Waals surface area contributed by atoms with Gasteiger partial charge in [-0.25, -0.2) is 4.79 Å². The summed E-state index contributed by atoms with van der Waals surface area (Å²) in [6.07, 6.45) is 1.57. The SMILES string of the molecule is O=C(CSc1cccc(NC(=O)/C(=C\c2cccc(Br)c2)NC(=O)c2ccccc2)c1)Nc1ccc(O)c(C(=O)O)c1. The van der Waals surface area contributed by atoms with Gasteiger partial charge >= 0.3 is 5.97 Å². The third kappa shape index (κ3) is 8.56. The maximum absolute atomic E-state index is 13.3. The van der Waals surface area contributed by atoms with E-state index in [4.69, 9.17) is 5.11 Å². The smallest absolute Gasteiger partial charge is 0.339 e. The van der Waals surface area contributed by atoms with Crippen molar-refractivity contribution in [2.45, 2.75) is 4.90 Å². The Bertz CT molecular complexity index is 1680. The highest BCUT2D eigenvalue weighted by atomic mass is 79.9. The molecule has 0 heterocycles. The Labute approximate surface area is 253 Å². The van der Waals surface area contributed by atoms with Crippen LogP contribution in [0.25, 0.3) is 6.08 Å². The number of rotatable bonds is 10. The molecule has 0 aliphatic heterocycles. The zero-order chi connectivity index (χ0) is 30.1. The fourth-order valence-corrected chi connectivity index (χ4v) is 4.87. The van der Waals surface area contributed by atoms with Gasteiger partial charge in [0.2, 0.25) is 5.91 Å². The van der Waals surface area contributed by atoms with E-state index in [0.717, 1.165) is 4.47 Å². The molecule has 0 aliphatic carbocycles. The van der Waals surface area contributed by atoms with Crippen molar-refractivity contribution in [3.8, 4) is 5.75 Å². The minimum atomic E-state index is -1.31. The molecule has 0 radical (unpaired) electrons. The second-order valence-electron chi connectivity index (χ2n) is 8.79. The molecule has 3 amide bonds. The number of carboxylic acid groups (broad SMARTS) is 1. The number of benzene rings is 4. The second kappa shape index (κ2) is 14.2. The summed E-state index contributed by atoms with van der Waals surface area (Å²) in [5, 5.41) is 26.9. The van der Waals surface area contributed by atoms with Crippen LogP contribution in [0.15, 0.2) is 112 Å². The Kier molecular flexibility index (Phi) is 10.1. The number of halogens is 1. The highest BCUT2D eigenvalue weighted by Gasteiger charge is 2.16. The van der Waals surface area contributed by atoms with E-state index in [9.17, 15) is 24.3 Å². The summed E-state index contributed by atoms with van der Waals surface area (Å²) < 4.78 is 0.812. The monoisotopic (exact) mass is 645 g/mol. The number of hydrogen-bond donors (Lipinski definition) is 5. The number of aromatic carboxylic acids is 1. The lowest BCUT2D eigenvalue weighted by atomic mass is 10.1. The van der Waals surface area contributed by atoms with Gasteiger partial charge in [-0.15, -0.1) is 11.8 Å². The molecule has 0 aliphatic rings. The van der Waals surface area contributed by atoms with Gasteiger partial charge in [0.05, 0.1) is 5.75 Å². The summed E-state index contributed by atoms with van der Waals surface area (Å²) in [5.41, 5.74) is 1.49. The minimum absolute atomic E-state index is 0.00184. The summed E-state index contributed by atoms with van der Waals surface area (Å²) in [5.74, 6) is -3.08. The summed E-state index contributed by atoms with van der Waals surface area (Å²) in [6.45, 7) is 0. The van der Waals surface area contributed by atoms with Crippen LogP contribution in [-0.4, -0.2) is 39.7 Å². The van der Waals surface area contributed by atoms with Gasteiger partial charge in [0.1, 0.15) is 17.0 Å². The Hall–Kier alpha value is -4.87. The fraction of sp³-hybridized carbons (Fsp3) is 0.0323. The maximum atomic E-state index is 13.3. The Balaban J connectivity index is 1.44. The van der Waals surface area contributed by atoms with Gasteiger partial charge in [-0.3, -0.25) is 14.4 Å². The molecular formula is C31H24BrN3O6S. The van der Waals surface area contributed by atoms with Crippen molar-refractivity contribution in [2.75, 3.05) is 16.4 Å². The highest BCUT2D eigenvalue weighted by molar-refractivity contribution is 9.10. The van der Waals surface area contributed by atoms with E-state index in [1.165, 1.54) is 30.0 Å². The van der Waals surface area contributed by atoms with Gasteiger partial charge < -0.3 is 26.2 Å². The number of carbonyl (C=O) groups is 4. The van der Waals surface area contributed by atoms with Crippen LogP contribution in [0.5, 0.6) is 5.75 Å². The molecule has 11 heteroatoms. The molecule has 9 nitrogen and oxygen atoms in total. The number of nitrogens with one attached hydrogen (secondary N) is 3. The van der Waals surface area contributed by atoms with Crippen LogP contribution in [0, 0.1) is 0 Å². The van der Waals surface area contributed by atoms with E-state index in [1.807, 2.05) is 18.2 Å². The molecule has 0 bridgehead atoms. The topological polar surface area (TPSA) is 145 Å². The molecule has 0 fully saturated rings. The molecule has 0 aromatic heterocycles. The first-order valence-electron chi connectivity index (χ1n) is 12.4. The molecule has 4 aromatic carbocycles. The summed E-state index contributed by atoms with van der Waals surface area (Å²) >= 11 is 4.62. The fourth-order valence-electron chi connectivity index (χ4n) is 3.70. The van der Waals surface area contributed by atoms with Gasteiger partial charge in [-0.05, 0) is 72.3 Å². The number of anilines is 2. The van der Waals surface area contributed by atoms with E-state index in [2.05, 4.69) is 31.9 Å². The molecular weight excluding hydrogens is 622 g/mol. The lowest BCUT2D eigenvalue weighted by Gasteiger charge is -2.12. The second-order valence-corrected chi connectivity index (χ2v) is 10.8. The van der Waals surface area contributed by atoms with E-state index in [0.29, 0.717) is 21.7 Å². The van der Waals surface area contributed by atoms with Crippen LogP contribution in [-0.2, 0) is 9.59 Å². The van der Waals surface area contributed by atoms with Crippen LogP contribution in [0.4, 0.5) is 11.4 Å². The molecule has 212 valence electrons. The van der Waals surface area contributed by atoms with E-state index >= 15 is 0 Å². The summed E-state index contributed by atoms with van der Waals surface area (Å²) in [4.78, 5) is 50.5. The lowest BCUT2D eigenvalue weighted by molar-refractivity contribution is -0.114. The normalized spacial score (nSPS) is 10.9. The van der Waals surface area contributed by atoms with Gasteiger partial charge in [0.15, 0.2) is 0 Å². The van der Waals surface area contributed by atoms with Gasteiger partial charge in [0.25, 0.3) is 11.8 Å². The zero-order valence-corrected chi connectivity index (χ0v) is 24.2. The predicted molar refractivity (Wildman–Crippen MR) is 166 cm³/mol. The number of phenols is 1. The average molecular weight is 647 g/mol. The molecule has 5 N–H and O–H groups in total. The van der Waals surface area contributed by atoms with Crippen LogP contribution in [0.1, 0.15) is 26.3 Å². The molecule has 0 saturated heterocycles. The first-order valence-corrected chi connectivity index (χ1v) is 14.2. The van der Waals surface area contributed by atoms with Crippen LogP contribution >= 0.6 is 27.7 Å². The Morgan fingerprint density at radius 2 is 1.55 bits per heavy atom. The van der Waals surface area contributed by atoms with E-state index in [-0.39, 0.29) is 28.6 Å². The molecule has 0 unspecified atom stereocenters. The van der Waals surface area contributed by atoms with Crippen molar-refractivity contribution >= 4 is 68.8 Å². The number of aromatic hydroxyl groups is 1. The summed E-state index contributed by atoms with van der Waals surface area (Å²) in [7, 11) is 0. The van der Waals surface area contributed by atoms with E-state index < -0.39 is 23.5 Å². The predicted octanol–water partition coefficient (Wildman–Crippen LogP) is 5.99. The molecule has 0 atom stereocenters. The van der Waals surface area contributed by atoms with Gasteiger partial charge in [-0.2, -0.15) is 0 Å². The number of hydrogen-bond acceptors (Lipinski definition) is 6. The first-order chi connectivity index (χ1) is 20.2. The quantitative estimate of drug-likeness (QED) is 0.0809. The molecule has 0 spiro atoms. The number of carboxylic acids is 1. The van der Waals surface area contributed by atoms with Crippen LogP contribution in [0.2, 0.25) is 0 Å². The average Bonchev–Trinajstić information content (AvgIpc) is 2.97. The first kappa shape index (κ1) is 30.1. The molecule has 4 aromatic rings. The van der Waals surface area contributed by atoms with Crippen molar-refractivity contribution in [1.29, 1.82) is 0 Å². The largest absolute Gasteiger partial charge is 0.507 e. The highest BCUT2D eigenvalue weighted by Crippen LogP contribution is 2.24. The number of carbonyl (C=O) groups excluding carboxylic acids is 3. The summed E-state index contributed by atoms with van der Waals surface area (Å²) in [6, 6.07) is 26.4. The van der Waals surface area contributed by atoms with E-state index in [1.54, 1.807) is 66.7 Å². The maximum Gasteiger partial charge on any atom is 0.339 e. The minimum Gasteiger partial charge on any atom is -0.507 e. The van der Waals surface area contributed by atoms with Crippen molar-refractivity contribution in [3.05, 3.63) is 124 Å². The van der Waals surface area contributed by atoms with Crippen LogP contribution in [0.3, 0.4) is 0 Å². The molecule has 4 rings (SSSR count). The lowest BCUT2D eigenvalue weighted by Crippen LogP contribution is -2.30. The standard InChI is InChI=1S/C31H24BrN3O6S/c32-21-9-4-6-19(14-21)15-26(35-29(38)20-7-2-1-3-8-20)30(39)34-22-10-5-11-24(16-22)42-18-28(37)33-23-12-13-27(36)25(17-23)31(40)41/h1-17,36H,18H2,(H,33,37)(H,34,39)(H,35,38)(H,40,41)/b26-15+. The van der Waals surface area contributed by atoms with Gasteiger partial charge in [-0.1, -0.05) is 52.3 Å². The van der Waals surface area contributed by atoms with Crippen molar-refractivity contribution in [3.63, 3.8) is 0 Å². The van der Waals surface area contributed by atoms with Gasteiger partial charge in [0, 0.05) is 26.3 Å². The zero-order valence-electron chi connectivity index (χ0n) is 21.8. The van der Waals surface area contributed by atoms with Crippen molar-refractivity contribution in [2.24, 2.45) is 0 Å². The Morgan fingerprint density at radius 1 is 0.810 bits per heavy atom. The number of amides is 3. The third-order valence-electron chi connectivity index (χ3n) is 5.66. The van der Waals surface area contributed by atoms with Crippen LogP contribution < -0.4 is 16.0 Å². The third-order valence-corrected chi connectivity index (χ3v) is 7.15. The number of thioether (sulfide) groups is 1. The van der Waals surface area contributed by atoms with Crippen molar-refractivity contribution in [1.82, 2.24) is 5.32 Å².